The molecule has 5 rings (SSSR count). The molecule has 0 aromatic heterocycles. The van der Waals surface area contributed by atoms with Crippen LogP contribution in [0.25, 0.3) is 0 Å². The molecular weight excluding hydrogens is 420 g/mol. The minimum Gasteiger partial charge on any atom is -0.469 e. The Hall–Kier alpha value is -0.690. The molecule has 0 bridgehead atoms. The van der Waals surface area contributed by atoms with Gasteiger partial charge in [-0.15, -0.1) is 0 Å². The summed E-state index contributed by atoms with van der Waals surface area (Å²) in [5, 5.41) is 23.2. The van der Waals surface area contributed by atoms with Crippen LogP contribution in [-0.2, 0) is 19.0 Å². The van der Waals surface area contributed by atoms with Crippen molar-refractivity contribution in [3.63, 3.8) is 0 Å². The van der Waals surface area contributed by atoms with Gasteiger partial charge >= 0.3 is 5.97 Å². The van der Waals surface area contributed by atoms with Crippen LogP contribution < -0.4 is 0 Å². The van der Waals surface area contributed by atoms with Crippen molar-refractivity contribution >= 4 is 5.97 Å². The SMILES string of the molecule is COC(=O)CC[C@@H](C)[C@H]1CC[C@H]2C3C(C[C@H](O)[C@]12C)[C@@]1(C)CCC2(C[C@@H]1C[C@H]3O)OCCO2. The van der Waals surface area contributed by atoms with E-state index in [4.69, 9.17) is 14.2 Å². The van der Waals surface area contributed by atoms with Crippen LogP contribution in [0.5, 0.6) is 0 Å². The molecule has 1 saturated heterocycles. The van der Waals surface area contributed by atoms with Crippen molar-refractivity contribution in [2.24, 2.45) is 46.3 Å². The molecule has 0 amide bonds. The summed E-state index contributed by atoms with van der Waals surface area (Å²) in [6.45, 7) is 8.28. The molecule has 2 N–H and O–H groups in total. The van der Waals surface area contributed by atoms with Crippen LogP contribution in [0.4, 0.5) is 0 Å². The normalized spacial score (nSPS) is 49.2. The molecule has 188 valence electrons. The zero-order valence-electron chi connectivity index (χ0n) is 20.9. The summed E-state index contributed by atoms with van der Waals surface area (Å²) >= 11 is 0. The number of aliphatic hydroxyl groups excluding tert-OH is 2. The molecule has 1 aliphatic heterocycles. The summed E-state index contributed by atoms with van der Waals surface area (Å²) in [7, 11) is 1.45. The quantitative estimate of drug-likeness (QED) is 0.614. The Balaban J connectivity index is 1.37. The zero-order valence-corrected chi connectivity index (χ0v) is 20.9. The third-order valence-corrected chi connectivity index (χ3v) is 11.4. The van der Waals surface area contributed by atoms with Crippen molar-refractivity contribution in [2.45, 2.75) is 96.6 Å². The lowest BCUT2D eigenvalue weighted by atomic mass is 9.43. The first-order chi connectivity index (χ1) is 15.6. The van der Waals surface area contributed by atoms with Crippen molar-refractivity contribution in [1.82, 2.24) is 0 Å². The van der Waals surface area contributed by atoms with E-state index in [2.05, 4.69) is 20.8 Å². The zero-order chi connectivity index (χ0) is 23.6. The topological polar surface area (TPSA) is 85.2 Å². The fourth-order valence-electron chi connectivity index (χ4n) is 9.50. The molecule has 2 unspecified atom stereocenters. The number of hydrogen-bond acceptors (Lipinski definition) is 6. The molecule has 5 aliphatic rings. The minimum atomic E-state index is -0.438. The van der Waals surface area contributed by atoms with Gasteiger partial charge in [-0.1, -0.05) is 20.8 Å². The van der Waals surface area contributed by atoms with E-state index >= 15 is 0 Å². The molecule has 0 radical (unpaired) electrons. The molecule has 0 aromatic carbocycles. The Morgan fingerprint density at radius 3 is 2.52 bits per heavy atom. The fraction of sp³-hybridized carbons (Fsp3) is 0.963. The number of methoxy groups -OCH3 is 1. The third kappa shape index (κ3) is 3.61. The Morgan fingerprint density at radius 2 is 1.82 bits per heavy atom. The number of fused-ring (bicyclic) bond motifs is 5. The minimum absolute atomic E-state index is 0.112. The van der Waals surface area contributed by atoms with Crippen molar-refractivity contribution in [2.75, 3.05) is 20.3 Å². The van der Waals surface area contributed by atoms with Crippen molar-refractivity contribution < 1.29 is 29.2 Å². The van der Waals surface area contributed by atoms with Crippen molar-refractivity contribution in [3.05, 3.63) is 0 Å². The maximum atomic E-state index is 11.7. The van der Waals surface area contributed by atoms with Gasteiger partial charge in [-0.05, 0) is 84.9 Å². The number of aliphatic hydroxyl groups is 2. The lowest BCUT2D eigenvalue weighted by molar-refractivity contribution is -0.252. The largest absolute Gasteiger partial charge is 0.469 e. The third-order valence-electron chi connectivity index (χ3n) is 11.4. The van der Waals surface area contributed by atoms with E-state index in [0.29, 0.717) is 49.2 Å². The fourth-order valence-corrected chi connectivity index (χ4v) is 9.50. The van der Waals surface area contributed by atoms with Crippen LogP contribution in [0.3, 0.4) is 0 Å². The van der Waals surface area contributed by atoms with Crippen LogP contribution in [0.2, 0.25) is 0 Å². The monoisotopic (exact) mass is 464 g/mol. The molecule has 1 spiro atoms. The summed E-state index contributed by atoms with van der Waals surface area (Å²) in [6.07, 6.45) is 7.10. The van der Waals surface area contributed by atoms with E-state index in [9.17, 15) is 15.0 Å². The first-order valence-electron chi connectivity index (χ1n) is 13.4. The summed E-state index contributed by atoms with van der Waals surface area (Å²) in [6, 6.07) is 0. The molecular formula is C27H44O6. The Bertz CT molecular complexity index is 749. The molecule has 0 aromatic rings. The highest BCUT2D eigenvalue weighted by molar-refractivity contribution is 5.69. The molecule has 6 heteroatoms. The van der Waals surface area contributed by atoms with Crippen molar-refractivity contribution in [1.29, 1.82) is 0 Å². The van der Waals surface area contributed by atoms with Crippen molar-refractivity contribution in [3.8, 4) is 0 Å². The van der Waals surface area contributed by atoms with Crippen LogP contribution in [0.1, 0.15) is 78.6 Å². The van der Waals surface area contributed by atoms with Crippen LogP contribution in [0, 0.1) is 46.3 Å². The van der Waals surface area contributed by atoms with Crippen LogP contribution in [-0.4, -0.2) is 54.5 Å². The maximum Gasteiger partial charge on any atom is 0.305 e. The highest BCUT2D eigenvalue weighted by Gasteiger charge is 2.66. The van der Waals surface area contributed by atoms with Crippen LogP contribution >= 0.6 is 0 Å². The number of esters is 1. The first kappa shape index (κ1) is 24.0. The second-order valence-electron chi connectivity index (χ2n) is 12.5. The smallest absolute Gasteiger partial charge is 0.305 e. The predicted molar refractivity (Wildman–Crippen MR) is 123 cm³/mol. The van der Waals surface area contributed by atoms with E-state index in [1.54, 1.807) is 0 Å². The van der Waals surface area contributed by atoms with Gasteiger partial charge in [-0.2, -0.15) is 0 Å². The number of carbonyl (C=O) groups excluding carboxylic acids is 1. The van der Waals surface area contributed by atoms with Gasteiger partial charge in [0.15, 0.2) is 5.79 Å². The highest BCUT2D eigenvalue weighted by atomic mass is 16.7. The van der Waals surface area contributed by atoms with Gasteiger partial charge in [0.1, 0.15) is 0 Å². The van der Waals surface area contributed by atoms with Gasteiger partial charge in [0.05, 0.1) is 32.5 Å². The highest BCUT2D eigenvalue weighted by Crippen LogP contribution is 2.69. The number of rotatable bonds is 4. The van der Waals surface area contributed by atoms with Gasteiger partial charge in [0, 0.05) is 19.3 Å². The van der Waals surface area contributed by atoms with Gasteiger partial charge in [-0.25, -0.2) is 0 Å². The molecule has 1 heterocycles. The Kier molecular flexibility index (Phi) is 6.16. The summed E-state index contributed by atoms with van der Waals surface area (Å²) in [5.74, 6) is 1.41. The van der Waals surface area contributed by atoms with E-state index in [0.717, 1.165) is 51.4 Å². The Labute approximate surface area is 198 Å². The van der Waals surface area contributed by atoms with Crippen LogP contribution in [0.15, 0.2) is 0 Å². The number of ether oxygens (including phenoxy) is 3. The second kappa shape index (κ2) is 8.46. The molecule has 33 heavy (non-hydrogen) atoms. The van der Waals surface area contributed by atoms with Gasteiger partial charge in [0.25, 0.3) is 0 Å². The lowest BCUT2D eigenvalue weighted by Crippen LogP contribution is -2.63. The second-order valence-corrected chi connectivity index (χ2v) is 12.5. The van der Waals surface area contributed by atoms with E-state index < -0.39 is 5.79 Å². The standard InChI is InChI=1S/C27H44O6/c1-16(5-8-23(30)31-4)18-6-7-19-24-20(14-22(29)26(18,19)3)25(2)9-10-27(32-11-12-33-27)15-17(25)13-21(24)28/h16-22,24,28-29H,5-15H2,1-4H3/t16-,17+,18-,19+,20?,21-,22+,24?,25+,26-/m1/s1. The Morgan fingerprint density at radius 1 is 1.09 bits per heavy atom. The maximum absolute atomic E-state index is 11.7. The lowest BCUT2D eigenvalue weighted by Gasteiger charge is -2.64. The van der Waals surface area contributed by atoms with E-state index in [-0.39, 0.29) is 34.9 Å². The number of carbonyl (C=O) groups is 1. The van der Waals surface area contributed by atoms with E-state index in [1.807, 2.05) is 0 Å². The van der Waals surface area contributed by atoms with Gasteiger partial charge in [-0.3, -0.25) is 4.79 Å². The average molecular weight is 465 g/mol. The first-order valence-corrected chi connectivity index (χ1v) is 13.4. The average Bonchev–Trinajstić information content (AvgIpc) is 3.39. The summed E-state index contributed by atoms with van der Waals surface area (Å²) in [5.41, 5.74) is -0.0875. The van der Waals surface area contributed by atoms with Gasteiger partial charge < -0.3 is 24.4 Å². The van der Waals surface area contributed by atoms with E-state index in [1.165, 1.54) is 7.11 Å². The summed E-state index contributed by atoms with van der Waals surface area (Å²) in [4.78, 5) is 11.7. The summed E-state index contributed by atoms with van der Waals surface area (Å²) < 4.78 is 17.0. The molecule has 6 nitrogen and oxygen atoms in total. The molecule has 5 fully saturated rings. The van der Waals surface area contributed by atoms with Gasteiger partial charge in [0.2, 0.25) is 0 Å². The molecule has 10 atom stereocenters. The number of hydrogen-bond donors (Lipinski definition) is 2. The molecule has 4 saturated carbocycles. The molecule has 4 aliphatic carbocycles. The predicted octanol–water partition coefficient (Wildman–Crippen LogP) is 3.92.